The number of piperidine rings is 2. The summed E-state index contributed by atoms with van der Waals surface area (Å²) in [4.78, 5) is 44.6. The molecular weight excluding hydrogens is 368 g/mol. The molecule has 0 aromatic rings. The molecule has 1 aliphatic carbocycles. The minimum atomic E-state index is -0.725. The fourth-order valence-corrected chi connectivity index (χ4v) is 5.72. The maximum absolute atomic E-state index is 13.3. The highest BCUT2D eigenvalue weighted by molar-refractivity contribution is 6.07. The molecule has 4 amide bonds. The van der Waals surface area contributed by atoms with E-state index in [0.717, 1.165) is 51.9 Å². The molecule has 0 aromatic carbocycles. The summed E-state index contributed by atoms with van der Waals surface area (Å²) in [5.41, 5.74) is -0.725. The van der Waals surface area contributed by atoms with E-state index in [9.17, 15) is 14.4 Å². The molecule has 0 radical (unpaired) electrons. The van der Waals surface area contributed by atoms with E-state index in [2.05, 4.69) is 17.1 Å². The summed E-state index contributed by atoms with van der Waals surface area (Å²) in [5.74, 6) is 0.657. The molecule has 4 rings (SSSR count). The lowest BCUT2D eigenvalue weighted by atomic mass is 9.86. The molecular formula is C22H36N4O3. The highest BCUT2D eigenvalue weighted by Gasteiger charge is 2.54. The average molecular weight is 405 g/mol. The van der Waals surface area contributed by atoms with Gasteiger partial charge in [-0.2, -0.15) is 0 Å². The van der Waals surface area contributed by atoms with Gasteiger partial charge in [-0.3, -0.25) is 14.5 Å². The number of carbonyl (C=O) groups excluding carboxylic acids is 3. The zero-order chi connectivity index (χ0) is 20.4. The standard InChI is InChI=1S/C22H36N4O3/c1-2-24-13-10-22(11-14-24)20(28)26(21(29)23-22)18-9-6-12-25(16-18)19(27)15-17-7-4-3-5-8-17/h17-18H,2-16H2,1H3,(H,23,29). The molecule has 4 aliphatic rings. The van der Waals surface area contributed by atoms with E-state index in [4.69, 9.17) is 0 Å². The Kier molecular flexibility index (Phi) is 6.13. The molecule has 3 aliphatic heterocycles. The van der Waals surface area contributed by atoms with E-state index < -0.39 is 5.54 Å². The first-order valence-corrected chi connectivity index (χ1v) is 11.7. The van der Waals surface area contributed by atoms with Gasteiger partial charge in [-0.05, 0) is 51.0 Å². The lowest BCUT2D eigenvalue weighted by molar-refractivity contribution is -0.139. The lowest BCUT2D eigenvalue weighted by Gasteiger charge is -2.39. The van der Waals surface area contributed by atoms with Crippen LogP contribution in [0, 0.1) is 5.92 Å². The van der Waals surface area contributed by atoms with E-state index in [1.165, 1.54) is 24.2 Å². The van der Waals surface area contributed by atoms with Crippen LogP contribution in [0.1, 0.15) is 71.1 Å². The number of rotatable bonds is 4. The molecule has 1 unspecified atom stereocenters. The fourth-order valence-electron chi connectivity index (χ4n) is 5.72. The maximum Gasteiger partial charge on any atom is 0.325 e. The SMILES string of the molecule is CCN1CCC2(CC1)NC(=O)N(C1CCCN(C(=O)CC3CCCCC3)C1)C2=O. The number of carbonyl (C=O) groups is 3. The van der Waals surface area contributed by atoms with Crippen molar-refractivity contribution >= 4 is 17.8 Å². The summed E-state index contributed by atoms with van der Waals surface area (Å²) in [6.07, 6.45) is 9.72. The van der Waals surface area contributed by atoms with E-state index in [-0.39, 0.29) is 23.9 Å². The average Bonchev–Trinajstić information content (AvgIpc) is 2.98. The monoisotopic (exact) mass is 404 g/mol. The van der Waals surface area contributed by atoms with Crippen molar-refractivity contribution in [1.82, 2.24) is 20.0 Å². The summed E-state index contributed by atoms with van der Waals surface area (Å²) in [6.45, 7) is 6.03. The maximum atomic E-state index is 13.3. The molecule has 162 valence electrons. The van der Waals surface area contributed by atoms with Gasteiger partial charge in [0, 0.05) is 32.6 Å². The molecule has 1 N–H and O–H groups in total. The van der Waals surface area contributed by atoms with Crippen LogP contribution in [0.3, 0.4) is 0 Å². The Balaban J connectivity index is 1.38. The minimum Gasteiger partial charge on any atom is -0.341 e. The quantitative estimate of drug-likeness (QED) is 0.730. The summed E-state index contributed by atoms with van der Waals surface area (Å²) < 4.78 is 0. The molecule has 0 aromatic heterocycles. The zero-order valence-electron chi connectivity index (χ0n) is 17.8. The summed E-state index contributed by atoms with van der Waals surface area (Å²) >= 11 is 0. The Hall–Kier alpha value is -1.63. The van der Waals surface area contributed by atoms with Crippen molar-refractivity contribution in [2.45, 2.75) is 82.7 Å². The highest BCUT2D eigenvalue weighted by Crippen LogP contribution is 2.33. The molecule has 1 saturated carbocycles. The second-order valence-corrected chi connectivity index (χ2v) is 9.47. The van der Waals surface area contributed by atoms with Crippen LogP contribution in [-0.2, 0) is 9.59 Å². The topological polar surface area (TPSA) is 73.0 Å². The predicted octanol–water partition coefficient (Wildman–Crippen LogP) is 2.35. The number of nitrogens with one attached hydrogen (secondary N) is 1. The Bertz CT molecular complexity index is 638. The molecule has 29 heavy (non-hydrogen) atoms. The number of imide groups is 1. The van der Waals surface area contributed by atoms with E-state index in [0.29, 0.717) is 31.7 Å². The van der Waals surface area contributed by atoms with Gasteiger partial charge in [0.05, 0.1) is 6.04 Å². The molecule has 7 nitrogen and oxygen atoms in total. The second-order valence-electron chi connectivity index (χ2n) is 9.47. The largest absolute Gasteiger partial charge is 0.341 e. The number of amides is 4. The number of nitrogens with zero attached hydrogens (tertiary/aromatic N) is 3. The third kappa shape index (κ3) is 4.16. The first-order valence-electron chi connectivity index (χ1n) is 11.7. The predicted molar refractivity (Wildman–Crippen MR) is 110 cm³/mol. The number of urea groups is 1. The van der Waals surface area contributed by atoms with Crippen molar-refractivity contribution in [3.8, 4) is 0 Å². The molecule has 3 heterocycles. The Labute approximate surface area is 174 Å². The fraction of sp³-hybridized carbons (Fsp3) is 0.864. The van der Waals surface area contributed by atoms with Crippen molar-refractivity contribution < 1.29 is 14.4 Å². The van der Waals surface area contributed by atoms with Crippen molar-refractivity contribution in [2.75, 3.05) is 32.7 Å². The van der Waals surface area contributed by atoms with Crippen LogP contribution in [0.15, 0.2) is 0 Å². The molecule has 0 bridgehead atoms. The highest BCUT2D eigenvalue weighted by atomic mass is 16.2. The van der Waals surface area contributed by atoms with E-state index in [1.54, 1.807) is 0 Å². The lowest BCUT2D eigenvalue weighted by Crippen LogP contribution is -2.56. The Morgan fingerprint density at radius 1 is 1.03 bits per heavy atom. The summed E-state index contributed by atoms with van der Waals surface area (Å²) in [7, 11) is 0. The van der Waals surface area contributed by atoms with Crippen LogP contribution in [0.4, 0.5) is 4.79 Å². The third-order valence-corrected chi connectivity index (χ3v) is 7.65. The Morgan fingerprint density at radius 3 is 2.45 bits per heavy atom. The number of hydrogen-bond acceptors (Lipinski definition) is 4. The molecule has 7 heteroatoms. The van der Waals surface area contributed by atoms with Crippen molar-refractivity contribution in [1.29, 1.82) is 0 Å². The van der Waals surface area contributed by atoms with Crippen LogP contribution in [-0.4, -0.2) is 76.8 Å². The van der Waals surface area contributed by atoms with Gasteiger partial charge in [-0.1, -0.05) is 26.2 Å². The van der Waals surface area contributed by atoms with Crippen LogP contribution in [0.2, 0.25) is 0 Å². The minimum absolute atomic E-state index is 0.0650. The van der Waals surface area contributed by atoms with Gasteiger partial charge in [-0.15, -0.1) is 0 Å². The summed E-state index contributed by atoms with van der Waals surface area (Å²) in [6, 6.07) is -0.443. The van der Waals surface area contributed by atoms with Crippen molar-refractivity contribution in [3.63, 3.8) is 0 Å². The van der Waals surface area contributed by atoms with Gasteiger partial charge in [0.2, 0.25) is 5.91 Å². The Morgan fingerprint density at radius 2 is 1.76 bits per heavy atom. The van der Waals surface area contributed by atoms with Gasteiger partial charge in [0.15, 0.2) is 0 Å². The molecule has 1 atom stereocenters. The van der Waals surface area contributed by atoms with Gasteiger partial charge < -0.3 is 15.1 Å². The van der Waals surface area contributed by atoms with Gasteiger partial charge in [0.1, 0.15) is 5.54 Å². The van der Waals surface area contributed by atoms with Crippen LogP contribution < -0.4 is 5.32 Å². The summed E-state index contributed by atoms with van der Waals surface area (Å²) in [5, 5.41) is 3.03. The van der Waals surface area contributed by atoms with Crippen LogP contribution >= 0.6 is 0 Å². The number of hydrogen-bond donors (Lipinski definition) is 1. The zero-order valence-corrected chi connectivity index (χ0v) is 17.8. The molecule has 3 saturated heterocycles. The normalized spacial score (nSPS) is 28.8. The van der Waals surface area contributed by atoms with Crippen molar-refractivity contribution in [3.05, 3.63) is 0 Å². The third-order valence-electron chi connectivity index (χ3n) is 7.65. The van der Waals surface area contributed by atoms with Gasteiger partial charge in [-0.25, -0.2) is 4.79 Å². The van der Waals surface area contributed by atoms with Gasteiger partial charge in [0.25, 0.3) is 5.91 Å². The van der Waals surface area contributed by atoms with E-state index >= 15 is 0 Å². The number of likely N-dealkylation sites (tertiary alicyclic amines) is 2. The first-order chi connectivity index (χ1) is 14.0. The smallest absolute Gasteiger partial charge is 0.325 e. The van der Waals surface area contributed by atoms with Crippen molar-refractivity contribution in [2.24, 2.45) is 5.92 Å². The second kappa shape index (κ2) is 8.62. The first kappa shape index (κ1) is 20.6. The van der Waals surface area contributed by atoms with E-state index in [1.807, 2.05) is 4.90 Å². The van der Waals surface area contributed by atoms with Crippen LogP contribution in [0.25, 0.3) is 0 Å². The molecule has 4 fully saturated rings. The van der Waals surface area contributed by atoms with Crippen LogP contribution in [0.5, 0.6) is 0 Å². The molecule has 1 spiro atoms. The van der Waals surface area contributed by atoms with Gasteiger partial charge >= 0.3 is 6.03 Å².